The molecule has 0 atom stereocenters. The Kier molecular flexibility index (Phi) is 1.60. The summed E-state index contributed by atoms with van der Waals surface area (Å²) in [6, 6.07) is 0. The summed E-state index contributed by atoms with van der Waals surface area (Å²) in [5.74, 6) is 1.01. The van der Waals surface area contributed by atoms with Crippen LogP contribution in [0.2, 0.25) is 0 Å². The van der Waals surface area contributed by atoms with Crippen molar-refractivity contribution in [1.29, 1.82) is 0 Å². The van der Waals surface area contributed by atoms with Gasteiger partial charge in [0.25, 0.3) is 0 Å². The van der Waals surface area contributed by atoms with Crippen molar-refractivity contribution in [2.24, 2.45) is 5.73 Å². The minimum Gasteiger partial charge on any atom is -0.369 e. The molecule has 12 heavy (non-hydrogen) atoms. The largest absolute Gasteiger partial charge is 0.369 e. The van der Waals surface area contributed by atoms with E-state index in [-0.39, 0.29) is 12.3 Å². The second kappa shape index (κ2) is 2.62. The Morgan fingerprint density at radius 3 is 3.08 bits per heavy atom. The van der Waals surface area contributed by atoms with E-state index in [0.717, 1.165) is 24.2 Å². The molecule has 1 amide bonds. The molecular formula is C8H10N2O2. The van der Waals surface area contributed by atoms with Crippen LogP contribution in [0.25, 0.3) is 0 Å². The predicted octanol–water partition coefficient (Wildman–Crippen LogP) is 0.580. The van der Waals surface area contributed by atoms with Crippen molar-refractivity contribution >= 4 is 5.91 Å². The van der Waals surface area contributed by atoms with E-state index in [0.29, 0.717) is 5.92 Å². The monoisotopic (exact) mass is 166 g/mol. The van der Waals surface area contributed by atoms with Crippen LogP contribution in [0.15, 0.2) is 10.7 Å². The van der Waals surface area contributed by atoms with E-state index in [4.69, 9.17) is 10.3 Å². The number of nitrogens with two attached hydrogens (primary N) is 1. The predicted molar refractivity (Wildman–Crippen MR) is 41.4 cm³/mol. The highest BCUT2D eigenvalue weighted by Gasteiger charge is 2.30. The quantitative estimate of drug-likeness (QED) is 0.714. The lowest BCUT2D eigenvalue weighted by Gasteiger charge is -1.93. The zero-order valence-corrected chi connectivity index (χ0v) is 6.62. The van der Waals surface area contributed by atoms with E-state index in [1.165, 1.54) is 0 Å². The van der Waals surface area contributed by atoms with Gasteiger partial charge in [0.2, 0.25) is 5.91 Å². The molecule has 0 unspecified atom stereocenters. The first kappa shape index (κ1) is 7.34. The first-order valence-electron chi connectivity index (χ1n) is 3.99. The minimum absolute atomic E-state index is 0.245. The molecule has 4 heteroatoms. The molecule has 1 aliphatic carbocycles. The van der Waals surface area contributed by atoms with E-state index < -0.39 is 0 Å². The molecule has 2 N–H and O–H groups in total. The number of nitrogens with zero attached hydrogens (tertiary/aromatic N) is 1. The number of hydrogen-bond donors (Lipinski definition) is 1. The first-order chi connectivity index (χ1) is 5.77. The van der Waals surface area contributed by atoms with Crippen LogP contribution in [0.3, 0.4) is 0 Å². The molecule has 0 spiro atoms. The van der Waals surface area contributed by atoms with Crippen LogP contribution < -0.4 is 5.73 Å². The number of aromatic nitrogens is 1. The van der Waals surface area contributed by atoms with Crippen molar-refractivity contribution in [3.8, 4) is 0 Å². The summed E-state index contributed by atoms with van der Waals surface area (Å²) in [5, 5.41) is 3.65. The maximum Gasteiger partial charge on any atom is 0.222 e. The van der Waals surface area contributed by atoms with Gasteiger partial charge in [-0.15, -0.1) is 0 Å². The Bertz CT molecular complexity index is 302. The highest BCUT2D eigenvalue weighted by Crippen LogP contribution is 2.41. The molecule has 1 heterocycles. The molecule has 1 aliphatic rings. The standard InChI is InChI=1S/C8H10N2O2/c9-7(11)3-6-4-10-12-8(6)5-1-2-5/h4-5H,1-3H2,(H2,9,11). The lowest BCUT2D eigenvalue weighted by Crippen LogP contribution is -2.13. The van der Waals surface area contributed by atoms with Crippen LogP contribution in [-0.4, -0.2) is 11.1 Å². The lowest BCUT2D eigenvalue weighted by molar-refractivity contribution is -0.117. The molecule has 4 nitrogen and oxygen atoms in total. The highest BCUT2D eigenvalue weighted by molar-refractivity contribution is 5.76. The van der Waals surface area contributed by atoms with Crippen LogP contribution in [-0.2, 0) is 11.2 Å². The Hall–Kier alpha value is -1.32. The second-order valence-electron chi connectivity index (χ2n) is 3.13. The maximum atomic E-state index is 10.6. The molecule has 2 rings (SSSR count). The molecule has 1 saturated carbocycles. The van der Waals surface area contributed by atoms with Gasteiger partial charge in [0.15, 0.2) is 0 Å². The lowest BCUT2D eigenvalue weighted by atomic mass is 10.1. The Morgan fingerprint density at radius 1 is 1.75 bits per heavy atom. The zero-order chi connectivity index (χ0) is 8.55. The fourth-order valence-corrected chi connectivity index (χ4v) is 1.27. The summed E-state index contributed by atoms with van der Waals surface area (Å²) >= 11 is 0. The molecule has 0 bridgehead atoms. The van der Waals surface area contributed by atoms with E-state index in [9.17, 15) is 4.79 Å². The number of carbonyl (C=O) groups is 1. The van der Waals surface area contributed by atoms with Crippen LogP contribution >= 0.6 is 0 Å². The summed E-state index contributed by atoms with van der Waals surface area (Å²) in [6.07, 6.45) is 4.11. The smallest absolute Gasteiger partial charge is 0.222 e. The van der Waals surface area contributed by atoms with Gasteiger partial charge in [0.05, 0.1) is 12.6 Å². The summed E-state index contributed by atoms with van der Waals surface area (Å²) in [5.41, 5.74) is 5.92. The van der Waals surface area contributed by atoms with Gasteiger partial charge in [-0.3, -0.25) is 4.79 Å². The summed E-state index contributed by atoms with van der Waals surface area (Å²) < 4.78 is 5.03. The molecule has 0 saturated heterocycles. The third-order valence-electron chi connectivity index (χ3n) is 1.99. The summed E-state index contributed by atoms with van der Waals surface area (Å²) in [7, 11) is 0. The highest BCUT2D eigenvalue weighted by atomic mass is 16.5. The Balaban J connectivity index is 2.18. The van der Waals surface area contributed by atoms with E-state index >= 15 is 0 Å². The molecule has 1 fully saturated rings. The van der Waals surface area contributed by atoms with Crippen LogP contribution in [0, 0.1) is 0 Å². The van der Waals surface area contributed by atoms with E-state index in [1.54, 1.807) is 6.20 Å². The van der Waals surface area contributed by atoms with E-state index in [2.05, 4.69) is 5.16 Å². The Morgan fingerprint density at radius 2 is 2.50 bits per heavy atom. The van der Waals surface area contributed by atoms with Gasteiger partial charge in [-0.05, 0) is 12.8 Å². The average molecular weight is 166 g/mol. The van der Waals surface area contributed by atoms with Gasteiger partial charge < -0.3 is 10.3 Å². The third-order valence-corrected chi connectivity index (χ3v) is 1.99. The van der Waals surface area contributed by atoms with Crippen molar-refractivity contribution in [2.45, 2.75) is 25.2 Å². The van der Waals surface area contributed by atoms with Crippen molar-refractivity contribution in [3.63, 3.8) is 0 Å². The number of carbonyl (C=O) groups excluding carboxylic acids is 1. The molecule has 0 radical (unpaired) electrons. The molecule has 0 aliphatic heterocycles. The van der Waals surface area contributed by atoms with Crippen molar-refractivity contribution in [2.75, 3.05) is 0 Å². The molecule has 64 valence electrons. The number of rotatable bonds is 3. The minimum atomic E-state index is -0.333. The zero-order valence-electron chi connectivity index (χ0n) is 6.62. The topological polar surface area (TPSA) is 69.1 Å². The number of amides is 1. The molecule has 1 aromatic rings. The Labute approximate surface area is 69.7 Å². The maximum absolute atomic E-state index is 10.6. The van der Waals surface area contributed by atoms with Gasteiger partial charge in [0, 0.05) is 11.5 Å². The van der Waals surface area contributed by atoms with Crippen molar-refractivity contribution in [3.05, 3.63) is 17.5 Å². The molecular weight excluding hydrogens is 156 g/mol. The van der Waals surface area contributed by atoms with Crippen molar-refractivity contribution < 1.29 is 9.32 Å². The fraction of sp³-hybridized carbons (Fsp3) is 0.500. The summed E-state index contributed by atoms with van der Waals surface area (Å²) in [4.78, 5) is 10.6. The molecule has 1 aromatic heterocycles. The van der Waals surface area contributed by atoms with Gasteiger partial charge in [-0.25, -0.2) is 0 Å². The van der Waals surface area contributed by atoms with Gasteiger partial charge >= 0.3 is 0 Å². The normalized spacial score (nSPS) is 16.3. The SMILES string of the molecule is NC(=O)Cc1cnoc1C1CC1. The fourth-order valence-electron chi connectivity index (χ4n) is 1.27. The number of primary amides is 1. The van der Waals surface area contributed by atoms with Gasteiger partial charge in [0.1, 0.15) is 5.76 Å². The van der Waals surface area contributed by atoms with Crippen LogP contribution in [0.5, 0.6) is 0 Å². The van der Waals surface area contributed by atoms with E-state index in [1.807, 2.05) is 0 Å². The van der Waals surface area contributed by atoms with Gasteiger partial charge in [-0.1, -0.05) is 5.16 Å². The molecule has 0 aromatic carbocycles. The third kappa shape index (κ3) is 1.32. The summed E-state index contributed by atoms with van der Waals surface area (Å²) in [6.45, 7) is 0. The second-order valence-corrected chi connectivity index (χ2v) is 3.13. The average Bonchev–Trinajstić information content (AvgIpc) is 2.73. The van der Waals surface area contributed by atoms with Crippen LogP contribution in [0.4, 0.5) is 0 Å². The first-order valence-corrected chi connectivity index (χ1v) is 3.99. The van der Waals surface area contributed by atoms with Crippen LogP contribution in [0.1, 0.15) is 30.1 Å². The number of hydrogen-bond acceptors (Lipinski definition) is 3. The van der Waals surface area contributed by atoms with Gasteiger partial charge in [-0.2, -0.15) is 0 Å². The van der Waals surface area contributed by atoms with Crippen molar-refractivity contribution in [1.82, 2.24) is 5.16 Å².